The van der Waals surface area contributed by atoms with Crippen LogP contribution >= 0.6 is 0 Å². The maximum Gasteiger partial charge on any atom is 0.255 e. The Morgan fingerprint density at radius 2 is 1.76 bits per heavy atom. The van der Waals surface area contributed by atoms with E-state index in [1.54, 1.807) is 36.4 Å². The molecule has 1 aliphatic heterocycles. The average Bonchev–Trinajstić information content (AvgIpc) is 2.62. The summed E-state index contributed by atoms with van der Waals surface area (Å²) in [5.74, 6) is -0.249. The van der Waals surface area contributed by atoms with Crippen molar-refractivity contribution in [2.24, 2.45) is 0 Å². The minimum Gasteiger partial charge on any atom is -0.377 e. The zero-order valence-corrected chi connectivity index (χ0v) is 14.5. The molecule has 0 saturated carbocycles. The van der Waals surface area contributed by atoms with Crippen molar-refractivity contribution in [3.63, 3.8) is 0 Å². The molecule has 5 heteroatoms. The van der Waals surface area contributed by atoms with Gasteiger partial charge in [0.2, 0.25) is 0 Å². The Hall–Kier alpha value is -2.66. The van der Waals surface area contributed by atoms with Crippen molar-refractivity contribution in [1.82, 2.24) is 4.90 Å². The number of anilines is 1. The molecule has 2 amide bonds. The molecule has 0 radical (unpaired) electrons. The number of hydrogen-bond acceptors (Lipinski definition) is 3. The summed E-state index contributed by atoms with van der Waals surface area (Å²) in [6, 6.07) is 16.0. The summed E-state index contributed by atoms with van der Waals surface area (Å²) in [5.41, 5.74) is 1.39. The molecule has 1 N–H and O–H groups in total. The Labute approximate surface area is 147 Å². The molecule has 5 nitrogen and oxygen atoms in total. The fourth-order valence-corrected chi connectivity index (χ4v) is 2.91. The fourth-order valence-electron chi connectivity index (χ4n) is 2.91. The minimum absolute atomic E-state index is 0.0517. The van der Waals surface area contributed by atoms with Gasteiger partial charge in [0.1, 0.15) is 0 Å². The lowest BCUT2D eigenvalue weighted by Gasteiger charge is -2.42. The first-order valence-electron chi connectivity index (χ1n) is 8.33. The average molecular weight is 338 g/mol. The van der Waals surface area contributed by atoms with Gasteiger partial charge < -0.3 is 15.0 Å². The number of amides is 2. The van der Waals surface area contributed by atoms with Gasteiger partial charge in [0.15, 0.2) is 0 Å². The predicted octanol–water partition coefficient (Wildman–Crippen LogP) is 3.19. The number of hydrogen-bond donors (Lipinski definition) is 1. The van der Waals surface area contributed by atoms with Gasteiger partial charge in [-0.1, -0.05) is 24.3 Å². The highest BCUT2D eigenvalue weighted by molar-refractivity contribution is 6.05. The SMILES string of the molecule is CC1(C)COCCN1C(=O)c1cccc(NC(=O)c2ccccc2)c1. The Bertz CT molecular complexity index is 772. The lowest BCUT2D eigenvalue weighted by molar-refractivity contribution is -0.0370. The van der Waals surface area contributed by atoms with Crippen LogP contribution in [0.5, 0.6) is 0 Å². The van der Waals surface area contributed by atoms with Crippen LogP contribution in [0.15, 0.2) is 54.6 Å². The molecule has 2 aromatic carbocycles. The standard InChI is InChI=1S/C20H22N2O3/c1-20(2)14-25-12-11-22(20)19(24)16-9-6-10-17(13-16)21-18(23)15-7-4-3-5-8-15/h3-10,13H,11-12,14H2,1-2H3,(H,21,23). The van der Waals surface area contributed by atoms with Crippen molar-refractivity contribution >= 4 is 17.5 Å². The van der Waals surface area contributed by atoms with Crippen molar-refractivity contribution in [2.45, 2.75) is 19.4 Å². The topological polar surface area (TPSA) is 58.6 Å². The fraction of sp³-hybridized carbons (Fsp3) is 0.300. The number of carbonyl (C=O) groups is 2. The maximum atomic E-state index is 12.9. The third kappa shape index (κ3) is 3.88. The summed E-state index contributed by atoms with van der Waals surface area (Å²) in [6.45, 7) is 5.60. The Balaban J connectivity index is 1.77. The summed E-state index contributed by atoms with van der Waals surface area (Å²) in [6.07, 6.45) is 0. The van der Waals surface area contributed by atoms with Crippen LogP contribution in [0.25, 0.3) is 0 Å². The number of carbonyl (C=O) groups excluding carboxylic acids is 2. The van der Waals surface area contributed by atoms with Crippen LogP contribution in [-0.4, -0.2) is 42.0 Å². The highest BCUT2D eigenvalue weighted by Crippen LogP contribution is 2.23. The Kier molecular flexibility index (Phi) is 4.86. The first kappa shape index (κ1) is 17.2. The van der Waals surface area contributed by atoms with Gasteiger partial charge in [0.05, 0.1) is 18.8 Å². The molecule has 0 spiro atoms. The van der Waals surface area contributed by atoms with E-state index in [1.165, 1.54) is 0 Å². The third-order valence-electron chi connectivity index (χ3n) is 4.29. The molecule has 2 aromatic rings. The van der Waals surface area contributed by atoms with Crippen LogP contribution in [0.3, 0.4) is 0 Å². The lowest BCUT2D eigenvalue weighted by Crippen LogP contribution is -2.55. The van der Waals surface area contributed by atoms with Crippen molar-refractivity contribution < 1.29 is 14.3 Å². The Morgan fingerprint density at radius 1 is 1.04 bits per heavy atom. The quantitative estimate of drug-likeness (QED) is 0.935. The van der Waals surface area contributed by atoms with Crippen LogP contribution in [-0.2, 0) is 4.74 Å². The first-order valence-corrected chi connectivity index (χ1v) is 8.33. The molecular weight excluding hydrogens is 316 g/mol. The molecule has 0 aromatic heterocycles. The van der Waals surface area contributed by atoms with Crippen molar-refractivity contribution in [2.75, 3.05) is 25.1 Å². The third-order valence-corrected chi connectivity index (χ3v) is 4.29. The van der Waals surface area contributed by atoms with Gasteiger partial charge in [0, 0.05) is 23.4 Å². The molecule has 0 unspecified atom stereocenters. The number of nitrogens with one attached hydrogen (secondary N) is 1. The number of nitrogens with zero attached hydrogens (tertiary/aromatic N) is 1. The molecule has 1 heterocycles. The van der Waals surface area contributed by atoms with Gasteiger partial charge in [-0.25, -0.2) is 0 Å². The van der Waals surface area contributed by atoms with E-state index in [0.717, 1.165) is 0 Å². The van der Waals surface area contributed by atoms with E-state index in [1.807, 2.05) is 36.9 Å². The van der Waals surface area contributed by atoms with E-state index in [0.29, 0.717) is 36.6 Å². The lowest BCUT2D eigenvalue weighted by atomic mass is 10.0. The second kappa shape index (κ2) is 7.07. The normalized spacial score (nSPS) is 16.3. The first-order chi connectivity index (χ1) is 12.0. The van der Waals surface area contributed by atoms with E-state index in [9.17, 15) is 9.59 Å². The van der Waals surface area contributed by atoms with Crippen molar-refractivity contribution in [3.05, 3.63) is 65.7 Å². The molecule has 1 fully saturated rings. The summed E-state index contributed by atoms with van der Waals surface area (Å²) in [5, 5.41) is 2.84. The predicted molar refractivity (Wildman–Crippen MR) is 96.8 cm³/mol. The molecule has 1 saturated heterocycles. The van der Waals surface area contributed by atoms with Crippen LogP contribution in [0, 0.1) is 0 Å². The molecular formula is C20H22N2O3. The second-order valence-electron chi connectivity index (χ2n) is 6.72. The summed E-state index contributed by atoms with van der Waals surface area (Å²) < 4.78 is 5.48. The maximum absolute atomic E-state index is 12.9. The van der Waals surface area contributed by atoms with Crippen LogP contribution in [0.4, 0.5) is 5.69 Å². The molecule has 130 valence electrons. The highest BCUT2D eigenvalue weighted by atomic mass is 16.5. The zero-order valence-electron chi connectivity index (χ0n) is 14.5. The van der Waals surface area contributed by atoms with E-state index in [-0.39, 0.29) is 17.4 Å². The van der Waals surface area contributed by atoms with E-state index in [4.69, 9.17) is 4.74 Å². The van der Waals surface area contributed by atoms with E-state index >= 15 is 0 Å². The molecule has 0 atom stereocenters. The summed E-state index contributed by atoms with van der Waals surface area (Å²) in [4.78, 5) is 27.0. The summed E-state index contributed by atoms with van der Waals surface area (Å²) in [7, 11) is 0. The monoisotopic (exact) mass is 338 g/mol. The van der Waals surface area contributed by atoms with Crippen molar-refractivity contribution in [1.29, 1.82) is 0 Å². The second-order valence-corrected chi connectivity index (χ2v) is 6.72. The van der Waals surface area contributed by atoms with Crippen LogP contribution < -0.4 is 5.32 Å². The largest absolute Gasteiger partial charge is 0.377 e. The molecule has 25 heavy (non-hydrogen) atoms. The van der Waals surface area contributed by atoms with Gasteiger partial charge in [-0.2, -0.15) is 0 Å². The van der Waals surface area contributed by atoms with Gasteiger partial charge in [0.25, 0.3) is 11.8 Å². The van der Waals surface area contributed by atoms with Crippen LogP contribution in [0.2, 0.25) is 0 Å². The highest BCUT2D eigenvalue weighted by Gasteiger charge is 2.34. The van der Waals surface area contributed by atoms with E-state index < -0.39 is 0 Å². The molecule has 1 aliphatic rings. The van der Waals surface area contributed by atoms with Gasteiger partial charge in [-0.3, -0.25) is 9.59 Å². The van der Waals surface area contributed by atoms with Crippen molar-refractivity contribution in [3.8, 4) is 0 Å². The molecule has 0 bridgehead atoms. The number of rotatable bonds is 3. The smallest absolute Gasteiger partial charge is 0.255 e. The molecule has 0 aliphatic carbocycles. The zero-order chi connectivity index (χ0) is 17.9. The van der Waals surface area contributed by atoms with Crippen LogP contribution in [0.1, 0.15) is 34.6 Å². The van der Waals surface area contributed by atoms with Gasteiger partial charge in [-0.05, 0) is 44.2 Å². The molecule has 3 rings (SSSR count). The Morgan fingerprint density at radius 3 is 2.48 bits per heavy atom. The number of morpholine rings is 1. The van der Waals surface area contributed by atoms with Gasteiger partial charge >= 0.3 is 0 Å². The number of benzene rings is 2. The minimum atomic E-state index is -0.349. The number of ether oxygens (including phenoxy) is 1. The van der Waals surface area contributed by atoms with Gasteiger partial charge in [-0.15, -0.1) is 0 Å². The summed E-state index contributed by atoms with van der Waals surface area (Å²) >= 11 is 0. The van der Waals surface area contributed by atoms with E-state index in [2.05, 4.69) is 5.32 Å².